The Labute approximate surface area is 217 Å². The van der Waals surface area contributed by atoms with E-state index < -0.39 is 5.54 Å². The predicted molar refractivity (Wildman–Crippen MR) is 141 cm³/mol. The molecule has 36 heavy (non-hydrogen) atoms. The normalized spacial score (nSPS) is 24.8. The molecule has 1 aromatic carbocycles. The van der Waals surface area contributed by atoms with Gasteiger partial charge in [-0.3, -0.25) is 9.59 Å². The summed E-state index contributed by atoms with van der Waals surface area (Å²) in [4.78, 5) is 31.6. The quantitative estimate of drug-likeness (QED) is 0.464. The number of aromatic nitrogens is 1. The summed E-state index contributed by atoms with van der Waals surface area (Å²) in [6, 6.07) is 11.0. The first-order valence-electron chi connectivity index (χ1n) is 12.9. The van der Waals surface area contributed by atoms with Crippen LogP contribution in [-0.4, -0.2) is 57.9 Å². The minimum atomic E-state index is -1.05. The SMILES string of the molecule is CC1CC(C)CN(CCCNC(=O)C2(C)Cn3c(cc4occc43)C(=O)N2Cc2ccc(Cl)cc2)C1. The van der Waals surface area contributed by atoms with Crippen LogP contribution < -0.4 is 5.32 Å². The molecule has 2 aliphatic rings. The van der Waals surface area contributed by atoms with Crippen LogP contribution in [0.1, 0.15) is 49.7 Å². The number of amides is 2. The third kappa shape index (κ3) is 4.78. The molecule has 1 N–H and O–H groups in total. The number of benzene rings is 1. The van der Waals surface area contributed by atoms with Gasteiger partial charge in [0, 0.05) is 43.3 Å². The maximum absolute atomic E-state index is 13.7. The number of nitrogens with zero attached hydrogens (tertiary/aromatic N) is 3. The molecular formula is C28H35ClN4O3. The molecule has 5 rings (SSSR count). The van der Waals surface area contributed by atoms with E-state index >= 15 is 0 Å². The monoisotopic (exact) mass is 510 g/mol. The Hall–Kier alpha value is -2.77. The van der Waals surface area contributed by atoms with Crippen molar-refractivity contribution >= 4 is 34.5 Å². The molecular weight excluding hydrogens is 476 g/mol. The molecule has 0 spiro atoms. The van der Waals surface area contributed by atoms with E-state index in [1.165, 1.54) is 6.42 Å². The predicted octanol–water partition coefficient (Wildman–Crippen LogP) is 4.79. The maximum atomic E-state index is 13.7. The summed E-state index contributed by atoms with van der Waals surface area (Å²) < 4.78 is 7.47. The Morgan fingerprint density at radius 1 is 1.17 bits per heavy atom. The van der Waals surface area contributed by atoms with Gasteiger partial charge < -0.3 is 24.1 Å². The van der Waals surface area contributed by atoms with Crippen LogP contribution in [-0.2, 0) is 17.9 Å². The molecule has 3 aromatic rings. The van der Waals surface area contributed by atoms with Gasteiger partial charge in [-0.05, 0) is 55.8 Å². The number of hydrogen-bond donors (Lipinski definition) is 1. The minimum Gasteiger partial charge on any atom is -0.463 e. The van der Waals surface area contributed by atoms with Crippen molar-refractivity contribution in [2.24, 2.45) is 11.8 Å². The lowest BCUT2D eigenvalue weighted by Gasteiger charge is -2.44. The summed E-state index contributed by atoms with van der Waals surface area (Å²) >= 11 is 6.07. The zero-order chi connectivity index (χ0) is 25.4. The molecule has 4 heterocycles. The van der Waals surface area contributed by atoms with Crippen molar-refractivity contribution in [2.75, 3.05) is 26.2 Å². The highest BCUT2D eigenvalue weighted by atomic mass is 35.5. The van der Waals surface area contributed by atoms with Gasteiger partial charge in [0.05, 0.1) is 18.3 Å². The molecule has 7 nitrogen and oxygen atoms in total. The van der Waals surface area contributed by atoms with Crippen molar-refractivity contribution in [3.8, 4) is 0 Å². The Bertz CT molecular complexity index is 1240. The molecule has 192 valence electrons. The second-order valence-corrected chi connectivity index (χ2v) is 11.3. The third-order valence-electron chi connectivity index (χ3n) is 7.67. The highest BCUT2D eigenvalue weighted by molar-refractivity contribution is 6.30. The first-order chi connectivity index (χ1) is 17.2. The molecule has 1 fully saturated rings. The van der Waals surface area contributed by atoms with Gasteiger partial charge in [-0.1, -0.05) is 37.6 Å². The lowest BCUT2D eigenvalue weighted by molar-refractivity contribution is -0.133. The van der Waals surface area contributed by atoms with Gasteiger partial charge in [-0.15, -0.1) is 0 Å². The summed E-state index contributed by atoms with van der Waals surface area (Å²) in [6.07, 6.45) is 3.78. The molecule has 1 saturated heterocycles. The van der Waals surface area contributed by atoms with Crippen LogP contribution in [0.2, 0.25) is 5.02 Å². The Kier molecular flexibility index (Phi) is 6.88. The number of likely N-dealkylation sites (tertiary alicyclic amines) is 1. The van der Waals surface area contributed by atoms with E-state index in [4.69, 9.17) is 16.0 Å². The smallest absolute Gasteiger partial charge is 0.271 e. The van der Waals surface area contributed by atoms with Gasteiger partial charge in [0.2, 0.25) is 5.91 Å². The molecule has 2 amide bonds. The largest absolute Gasteiger partial charge is 0.463 e. The van der Waals surface area contributed by atoms with Crippen LogP contribution in [0.15, 0.2) is 47.1 Å². The average molecular weight is 511 g/mol. The van der Waals surface area contributed by atoms with Gasteiger partial charge >= 0.3 is 0 Å². The van der Waals surface area contributed by atoms with Crippen molar-refractivity contribution in [1.29, 1.82) is 0 Å². The Balaban J connectivity index is 1.33. The van der Waals surface area contributed by atoms with Crippen LogP contribution in [0, 0.1) is 11.8 Å². The molecule has 8 heteroatoms. The zero-order valence-corrected chi connectivity index (χ0v) is 22.1. The van der Waals surface area contributed by atoms with Crippen LogP contribution in [0.5, 0.6) is 0 Å². The van der Waals surface area contributed by atoms with Crippen molar-refractivity contribution in [1.82, 2.24) is 19.7 Å². The molecule has 2 aliphatic heterocycles. The summed E-state index contributed by atoms with van der Waals surface area (Å²) in [5.74, 6) is 1.11. The number of furan rings is 1. The van der Waals surface area contributed by atoms with E-state index in [1.807, 2.05) is 29.7 Å². The van der Waals surface area contributed by atoms with Gasteiger partial charge in [-0.2, -0.15) is 0 Å². The summed E-state index contributed by atoms with van der Waals surface area (Å²) in [5, 5.41) is 3.78. The molecule has 3 unspecified atom stereocenters. The van der Waals surface area contributed by atoms with Crippen LogP contribution >= 0.6 is 11.6 Å². The van der Waals surface area contributed by atoms with Crippen LogP contribution in [0.3, 0.4) is 0 Å². The molecule has 0 saturated carbocycles. The second-order valence-electron chi connectivity index (χ2n) is 10.9. The molecule has 3 atom stereocenters. The highest BCUT2D eigenvalue weighted by Gasteiger charge is 2.47. The molecule has 0 radical (unpaired) electrons. The van der Waals surface area contributed by atoms with Crippen molar-refractivity contribution in [3.05, 3.63) is 58.9 Å². The molecule has 2 aromatic heterocycles. The fourth-order valence-corrected chi connectivity index (χ4v) is 6.09. The number of fused-ring (bicyclic) bond motifs is 3. The standard InChI is InChI=1S/C28H35ClN4O3/c1-19-13-20(2)16-31(15-19)11-4-10-30-27(35)28(3)18-32-23-9-12-36-25(23)14-24(32)26(34)33(28)17-21-5-7-22(29)8-6-21/h5-9,12,14,19-20H,4,10-11,13,15-18H2,1-3H3,(H,30,35). The number of rotatable bonds is 7. The van der Waals surface area contributed by atoms with E-state index in [9.17, 15) is 9.59 Å². The van der Waals surface area contributed by atoms with Gasteiger partial charge in [0.1, 0.15) is 11.2 Å². The summed E-state index contributed by atoms with van der Waals surface area (Å²) in [6.45, 7) is 11.0. The first kappa shape index (κ1) is 24.9. The van der Waals surface area contributed by atoms with Crippen molar-refractivity contribution in [3.63, 3.8) is 0 Å². The first-order valence-corrected chi connectivity index (χ1v) is 13.3. The van der Waals surface area contributed by atoms with Gasteiger partial charge in [0.25, 0.3) is 5.91 Å². The lowest BCUT2D eigenvalue weighted by atomic mass is 9.92. The number of carbonyl (C=O) groups excluding carboxylic acids is 2. The fraction of sp³-hybridized carbons (Fsp3) is 0.500. The van der Waals surface area contributed by atoms with E-state index in [2.05, 4.69) is 24.1 Å². The average Bonchev–Trinajstić information content (AvgIpc) is 3.42. The topological polar surface area (TPSA) is 70.7 Å². The van der Waals surface area contributed by atoms with E-state index in [0.29, 0.717) is 47.8 Å². The van der Waals surface area contributed by atoms with E-state index in [-0.39, 0.29) is 11.8 Å². The second kappa shape index (κ2) is 9.94. The fourth-order valence-electron chi connectivity index (χ4n) is 5.96. The number of carbonyl (C=O) groups is 2. The Morgan fingerprint density at radius 3 is 2.61 bits per heavy atom. The summed E-state index contributed by atoms with van der Waals surface area (Å²) in [7, 11) is 0. The van der Waals surface area contributed by atoms with Crippen molar-refractivity contribution in [2.45, 2.75) is 52.2 Å². The Morgan fingerprint density at radius 2 is 1.89 bits per heavy atom. The maximum Gasteiger partial charge on any atom is 0.271 e. The van der Waals surface area contributed by atoms with Crippen LogP contribution in [0.4, 0.5) is 0 Å². The zero-order valence-electron chi connectivity index (χ0n) is 21.3. The van der Waals surface area contributed by atoms with Crippen LogP contribution in [0.25, 0.3) is 11.1 Å². The third-order valence-corrected chi connectivity index (χ3v) is 7.93. The number of halogens is 1. The number of piperidine rings is 1. The molecule has 0 bridgehead atoms. The van der Waals surface area contributed by atoms with Crippen molar-refractivity contribution < 1.29 is 14.0 Å². The molecule has 0 aliphatic carbocycles. The number of nitrogens with one attached hydrogen (secondary N) is 1. The van der Waals surface area contributed by atoms with E-state index in [1.54, 1.807) is 29.4 Å². The lowest BCUT2D eigenvalue weighted by Crippen LogP contribution is -2.63. The highest BCUT2D eigenvalue weighted by Crippen LogP contribution is 2.34. The number of hydrogen-bond acceptors (Lipinski definition) is 4. The summed E-state index contributed by atoms with van der Waals surface area (Å²) in [5.41, 5.74) is 1.89. The van der Waals surface area contributed by atoms with E-state index in [0.717, 1.165) is 37.1 Å². The van der Waals surface area contributed by atoms with Gasteiger partial charge in [-0.25, -0.2) is 0 Å². The minimum absolute atomic E-state index is 0.138. The van der Waals surface area contributed by atoms with Gasteiger partial charge in [0.15, 0.2) is 5.58 Å².